The van der Waals surface area contributed by atoms with Crippen LogP contribution in [0.4, 0.5) is 0 Å². The van der Waals surface area contributed by atoms with Crippen LogP contribution in [0, 0.1) is 17.4 Å². The summed E-state index contributed by atoms with van der Waals surface area (Å²) in [6, 6.07) is 5.00. The van der Waals surface area contributed by atoms with Crippen LogP contribution in [0.25, 0.3) is 0 Å². The van der Waals surface area contributed by atoms with E-state index in [1.807, 2.05) is 0 Å². The first-order valence-electron chi connectivity index (χ1n) is 7.92. The normalized spacial score (nSPS) is 19.9. The average Bonchev–Trinajstić information content (AvgIpc) is 3.14. The van der Waals surface area contributed by atoms with E-state index in [9.17, 15) is 0 Å². The molecule has 0 unspecified atom stereocenters. The SMILES string of the molecule is C[C@@H](C1CC1)N1Cc2cc(C#C[Si](C)(C)C)cc(Cl)c2C1. The van der Waals surface area contributed by atoms with Gasteiger partial charge in [0.25, 0.3) is 0 Å². The number of halogens is 1. The molecular formula is C18H24ClNSi. The Labute approximate surface area is 134 Å². The highest BCUT2D eigenvalue weighted by molar-refractivity contribution is 6.83. The molecule has 0 spiro atoms. The molecule has 112 valence electrons. The van der Waals surface area contributed by atoms with Crippen LogP contribution in [0.1, 0.15) is 36.5 Å². The Balaban J connectivity index is 1.83. The Kier molecular flexibility index (Phi) is 3.94. The maximum atomic E-state index is 6.51. The van der Waals surface area contributed by atoms with Gasteiger partial charge >= 0.3 is 0 Å². The zero-order chi connectivity index (χ0) is 15.2. The maximum absolute atomic E-state index is 6.51. The number of nitrogens with zero attached hydrogens (tertiary/aromatic N) is 1. The second-order valence-corrected chi connectivity index (χ2v) is 12.7. The molecule has 1 nitrogen and oxygen atoms in total. The van der Waals surface area contributed by atoms with Crippen molar-refractivity contribution in [3.05, 3.63) is 33.8 Å². The quantitative estimate of drug-likeness (QED) is 0.565. The molecule has 1 aliphatic heterocycles. The number of hydrogen-bond donors (Lipinski definition) is 0. The third-order valence-corrected chi connectivity index (χ3v) is 5.70. The van der Waals surface area contributed by atoms with Crippen molar-refractivity contribution < 1.29 is 0 Å². The van der Waals surface area contributed by atoms with Crippen LogP contribution >= 0.6 is 11.6 Å². The van der Waals surface area contributed by atoms with E-state index in [1.54, 1.807) is 0 Å². The van der Waals surface area contributed by atoms with E-state index in [4.69, 9.17) is 11.6 Å². The van der Waals surface area contributed by atoms with Crippen molar-refractivity contribution in [2.24, 2.45) is 5.92 Å². The molecule has 0 N–H and O–H groups in total. The molecular weight excluding hydrogens is 294 g/mol. The molecule has 0 amide bonds. The van der Waals surface area contributed by atoms with Gasteiger partial charge in [0.2, 0.25) is 0 Å². The van der Waals surface area contributed by atoms with Crippen LogP contribution in [0.3, 0.4) is 0 Å². The minimum absolute atomic E-state index is 0.685. The highest BCUT2D eigenvalue weighted by atomic mass is 35.5. The van der Waals surface area contributed by atoms with Crippen LogP contribution in [-0.2, 0) is 13.1 Å². The molecule has 1 aromatic carbocycles. The van der Waals surface area contributed by atoms with Crippen molar-refractivity contribution in [3.8, 4) is 11.5 Å². The lowest BCUT2D eigenvalue weighted by Crippen LogP contribution is -2.29. The predicted octanol–water partition coefficient (Wildman–Crippen LogP) is 4.68. The van der Waals surface area contributed by atoms with Gasteiger partial charge in [0.1, 0.15) is 8.07 Å². The molecule has 1 heterocycles. The van der Waals surface area contributed by atoms with Crippen molar-refractivity contribution in [1.82, 2.24) is 4.90 Å². The molecule has 1 saturated carbocycles. The second kappa shape index (κ2) is 5.46. The zero-order valence-electron chi connectivity index (χ0n) is 13.5. The van der Waals surface area contributed by atoms with E-state index in [0.717, 1.165) is 29.6 Å². The van der Waals surface area contributed by atoms with E-state index >= 15 is 0 Å². The molecule has 0 bridgehead atoms. The molecule has 0 saturated heterocycles. The Hall–Kier alpha value is -0.753. The van der Waals surface area contributed by atoms with Gasteiger partial charge in [-0.2, -0.15) is 0 Å². The van der Waals surface area contributed by atoms with Crippen molar-refractivity contribution in [1.29, 1.82) is 0 Å². The molecule has 1 aromatic rings. The summed E-state index contributed by atoms with van der Waals surface area (Å²) in [5.74, 6) is 4.25. The predicted molar refractivity (Wildman–Crippen MR) is 93.1 cm³/mol. The summed E-state index contributed by atoms with van der Waals surface area (Å²) in [5, 5.41) is 0.901. The fraction of sp³-hybridized carbons (Fsp3) is 0.556. The summed E-state index contributed by atoms with van der Waals surface area (Å²) in [6.07, 6.45) is 2.80. The molecule has 1 fully saturated rings. The average molecular weight is 318 g/mol. The Morgan fingerprint density at radius 2 is 1.95 bits per heavy atom. The minimum atomic E-state index is -1.34. The van der Waals surface area contributed by atoms with Crippen LogP contribution in [0.5, 0.6) is 0 Å². The number of benzene rings is 1. The van der Waals surface area contributed by atoms with Crippen LogP contribution in [0.2, 0.25) is 24.7 Å². The lowest BCUT2D eigenvalue weighted by molar-refractivity contribution is 0.192. The zero-order valence-corrected chi connectivity index (χ0v) is 15.2. The largest absolute Gasteiger partial charge is 0.292 e. The summed E-state index contributed by atoms with van der Waals surface area (Å²) in [7, 11) is -1.34. The van der Waals surface area contributed by atoms with Crippen molar-refractivity contribution in [2.45, 2.75) is 58.5 Å². The fourth-order valence-electron chi connectivity index (χ4n) is 2.99. The lowest BCUT2D eigenvalue weighted by atomic mass is 10.1. The topological polar surface area (TPSA) is 3.24 Å². The van der Waals surface area contributed by atoms with E-state index in [2.05, 4.69) is 55.1 Å². The first-order valence-corrected chi connectivity index (χ1v) is 11.8. The lowest BCUT2D eigenvalue weighted by Gasteiger charge is -2.23. The van der Waals surface area contributed by atoms with Crippen molar-refractivity contribution in [2.75, 3.05) is 0 Å². The molecule has 21 heavy (non-hydrogen) atoms. The highest BCUT2D eigenvalue weighted by Gasteiger charge is 2.35. The van der Waals surface area contributed by atoms with Crippen LogP contribution in [-0.4, -0.2) is 19.0 Å². The van der Waals surface area contributed by atoms with Gasteiger partial charge in [0.15, 0.2) is 0 Å². The van der Waals surface area contributed by atoms with Gasteiger partial charge < -0.3 is 0 Å². The van der Waals surface area contributed by atoms with Crippen molar-refractivity contribution in [3.63, 3.8) is 0 Å². The number of hydrogen-bond acceptors (Lipinski definition) is 1. The molecule has 3 heteroatoms. The molecule has 2 aliphatic rings. The molecule has 0 radical (unpaired) electrons. The smallest absolute Gasteiger partial charge is 0.129 e. The number of fused-ring (bicyclic) bond motifs is 1. The van der Waals surface area contributed by atoms with E-state index in [1.165, 1.54) is 24.0 Å². The molecule has 1 atom stereocenters. The third kappa shape index (κ3) is 3.53. The van der Waals surface area contributed by atoms with Crippen molar-refractivity contribution >= 4 is 19.7 Å². The standard InChI is InChI=1S/C18H24ClNSi/c1-13(15-5-6-15)20-11-16-9-14(7-8-21(2,3)4)10-18(19)17(16)12-20/h9-10,13,15H,5-6,11-12H2,1-4H3/t13-/m0/s1. The first-order chi connectivity index (χ1) is 9.83. The van der Waals surface area contributed by atoms with Gasteiger partial charge in [0.05, 0.1) is 0 Å². The number of rotatable bonds is 2. The van der Waals surface area contributed by atoms with Gasteiger partial charge in [-0.3, -0.25) is 4.90 Å². The third-order valence-electron chi connectivity index (χ3n) is 4.48. The van der Waals surface area contributed by atoms with Gasteiger partial charge in [-0.25, -0.2) is 0 Å². The molecule has 1 aliphatic carbocycles. The summed E-state index contributed by atoms with van der Waals surface area (Å²) < 4.78 is 0. The Morgan fingerprint density at radius 1 is 1.24 bits per heavy atom. The van der Waals surface area contributed by atoms with Crippen LogP contribution < -0.4 is 0 Å². The minimum Gasteiger partial charge on any atom is -0.292 e. The fourth-order valence-corrected chi connectivity index (χ4v) is 3.80. The Bertz CT molecular complexity index is 617. The Morgan fingerprint density at radius 3 is 2.57 bits per heavy atom. The summed E-state index contributed by atoms with van der Waals surface area (Å²) in [5.41, 5.74) is 7.23. The van der Waals surface area contributed by atoms with E-state index in [-0.39, 0.29) is 0 Å². The summed E-state index contributed by atoms with van der Waals surface area (Å²) in [4.78, 5) is 2.57. The molecule has 3 rings (SSSR count). The summed E-state index contributed by atoms with van der Waals surface area (Å²) >= 11 is 6.51. The molecule has 0 aromatic heterocycles. The highest BCUT2D eigenvalue weighted by Crippen LogP contribution is 2.39. The van der Waals surface area contributed by atoms with E-state index < -0.39 is 8.07 Å². The first kappa shape index (κ1) is 15.2. The van der Waals surface area contributed by atoms with Gasteiger partial charge in [0, 0.05) is 29.7 Å². The van der Waals surface area contributed by atoms with Gasteiger partial charge in [-0.1, -0.05) is 37.2 Å². The van der Waals surface area contributed by atoms with Gasteiger partial charge in [-0.05, 0) is 48.9 Å². The van der Waals surface area contributed by atoms with Gasteiger partial charge in [-0.15, -0.1) is 5.54 Å². The van der Waals surface area contributed by atoms with E-state index in [0.29, 0.717) is 6.04 Å². The monoisotopic (exact) mass is 317 g/mol. The van der Waals surface area contributed by atoms with Crippen LogP contribution in [0.15, 0.2) is 12.1 Å². The second-order valence-electron chi connectivity index (χ2n) is 7.58. The summed E-state index contributed by atoms with van der Waals surface area (Å²) in [6.45, 7) is 11.2. The maximum Gasteiger partial charge on any atom is 0.129 e.